The molecule has 0 aliphatic rings. The van der Waals surface area contributed by atoms with E-state index in [1.807, 2.05) is 13.8 Å². The average molecular weight is 325 g/mol. The van der Waals surface area contributed by atoms with Crippen molar-refractivity contribution < 1.29 is 13.2 Å². The number of hydrogen-bond donors (Lipinski definition) is 2. The highest BCUT2D eigenvalue weighted by molar-refractivity contribution is 7.89. The van der Waals surface area contributed by atoms with Crippen LogP contribution >= 0.6 is 11.3 Å². The van der Waals surface area contributed by atoms with Gasteiger partial charge in [0.15, 0.2) is 0 Å². The van der Waals surface area contributed by atoms with Crippen molar-refractivity contribution in [2.24, 2.45) is 5.14 Å². The fraction of sp³-hybridized carbons (Fsp3) is 0.231. The van der Waals surface area contributed by atoms with E-state index in [2.05, 4.69) is 10.3 Å². The van der Waals surface area contributed by atoms with Crippen molar-refractivity contribution in [2.45, 2.75) is 25.3 Å². The van der Waals surface area contributed by atoms with Crippen LogP contribution in [0.2, 0.25) is 0 Å². The molecule has 0 radical (unpaired) electrons. The molecule has 0 fully saturated rings. The molecule has 0 saturated heterocycles. The van der Waals surface area contributed by atoms with Crippen LogP contribution in [0.25, 0.3) is 0 Å². The van der Waals surface area contributed by atoms with Gasteiger partial charge < -0.3 is 5.32 Å². The van der Waals surface area contributed by atoms with Crippen molar-refractivity contribution >= 4 is 27.3 Å². The monoisotopic (exact) mass is 325 g/mol. The Kier molecular flexibility index (Phi) is 4.40. The molecule has 1 aromatic heterocycles. The molecule has 2 rings (SSSR count). The minimum atomic E-state index is -3.74. The van der Waals surface area contributed by atoms with Gasteiger partial charge in [-0.1, -0.05) is 0 Å². The van der Waals surface area contributed by atoms with Crippen LogP contribution in [-0.4, -0.2) is 19.3 Å². The van der Waals surface area contributed by atoms with E-state index < -0.39 is 10.0 Å². The third-order valence-corrected chi connectivity index (χ3v) is 4.86. The molecule has 0 spiro atoms. The summed E-state index contributed by atoms with van der Waals surface area (Å²) in [7, 11) is -3.74. The van der Waals surface area contributed by atoms with E-state index in [9.17, 15) is 13.2 Å². The summed E-state index contributed by atoms with van der Waals surface area (Å²) in [6.07, 6.45) is 0. The summed E-state index contributed by atoms with van der Waals surface area (Å²) in [6.45, 7) is 4.20. The zero-order valence-electron chi connectivity index (χ0n) is 11.6. The molecule has 1 heterocycles. The summed E-state index contributed by atoms with van der Waals surface area (Å²) >= 11 is 1.54. The molecular formula is C13H15N3O3S2. The second kappa shape index (κ2) is 5.92. The van der Waals surface area contributed by atoms with Gasteiger partial charge in [0.25, 0.3) is 5.91 Å². The lowest BCUT2D eigenvalue weighted by Crippen LogP contribution is -2.22. The van der Waals surface area contributed by atoms with E-state index in [1.54, 1.807) is 0 Å². The Morgan fingerprint density at radius 1 is 1.29 bits per heavy atom. The number of hydrogen-bond acceptors (Lipinski definition) is 5. The Bertz CT molecular complexity index is 764. The van der Waals surface area contributed by atoms with Crippen LogP contribution in [0.15, 0.2) is 29.2 Å². The maximum Gasteiger partial charge on any atom is 0.251 e. The molecule has 0 bridgehead atoms. The molecular weight excluding hydrogens is 310 g/mol. The normalized spacial score (nSPS) is 11.4. The zero-order valence-corrected chi connectivity index (χ0v) is 13.2. The zero-order chi connectivity index (χ0) is 15.6. The van der Waals surface area contributed by atoms with Gasteiger partial charge in [0.05, 0.1) is 22.1 Å². The van der Waals surface area contributed by atoms with Gasteiger partial charge in [0.1, 0.15) is 0 Å². The van der Waals surface area contributed by atoms with Crippen LogP contribution in [0.5, 0.6) is 0 Å². The van der Waals surface area contributed by atoms with Crippen LogP contribution < -0.4 is 10.5 Å². The fourth-order valence-corrected chi connectivity index (χ4v) is 3.19. The molecule has 112 valence electrons. The molecule has 1 amide bonds. The van der Waals surface area contributed by atoms with Gasteiger partial charge >= 0.3 is 0 Å². The average Bonchev–Trinajstić information content (AvgIpc) is 2.73. The summed E-state index contributed by atoms with van der Waals surface area (Å²) in [4.78, 5) is 17.3. The summed E-state index contributed by atoms with van der Waals surface area (Å²) in [5, 5.41) is 8.73. The molecule has 0 aliphatic heterocycles. The van der Waals surface area contributed by atoms with E-state index in [1.165, 1.54) is 35.6 Å². The lowest BCUT2D eigenvalue weighted by atomic mass is 10.2. The Morgan fingerprint density at radius 3 is 2.38 bits per heavy atom. The third-order valence-electron chi connectivity index (χ3n) is 2.85. The van der Waals surface area contributed by atoms with Gasteiger partial charge in [-0.25, -0.2) is 18.5 Å². The van der Waals surface area contributed by atoms with Crippen LogP contribution in [0.3, 0.4) is 0 Å². The molecule has 0 atom stereocenters. The number of nitrogens with two attached hydrogens (primary N) is 1. The highest BCUT2D eigenvalue weighted by atomic mass is 32.2. The SMILES string of the molecule is Cc1nc(C)c(CNC(=O)c2ccc(S(N)(=O)=O)cc2)s1. The number of rotatable bonds is 4. The van der Waals surface area contributed by atoms with Crippen molar-refractivity contribution in [3.63, 3.8) is 0 Å². The molecule has 6 nitrogen and oxygen atoms in total. The number of sulfonamides is 1. The minimum Gasteiger partial charge on any atom is -0.347 e. The van der Waals surface area contributed by atoms with Crippen molar-refractivity contribution in [3.8, 4) is 0 Å². The number of thiazole rings is 1. The molecule has 21 heavy (non-hydrogen) atoms. The number of aryl methyl sites for hydroxylation is 2. The molecule has 8 heteroatoms. The van der Waals surface area contributed by atoms with E-state index >= 15 is 0 Å². The number of aromatic nitrogens is 1. The summed E-state index contributed by atoms with van der Waals surface area (Å²) in [5.74, 6) is -0.276. The quantitative estimate of drug-likeness (QED) is 0.885. The second-order valence-corrected chi connectivity index (χ2v) is 7.34. The summed E-state index contributed by atoms with van der Waals surface area (Å²) in [5.41, 5.74) is 1.28. The molecule has 1 aromatic carbocycles. The topological polar surface area (TPSA) is 102 Å². The van der Waals surface area contributed by atoms with Gasteiger partial charge in [-0.05, 0) is 38.1 Å². The van der Waals surface area contributed by atoms with Crippen molar-refractivity contribution in [1.29, 1.82) is 0 Å². The molecule has 0 unspecified atom stereocenters. The first kappa shape index (κ1) is 15.6. The predicted octanol–water partition coefficient (Wildman–Crippen LogP) is 1.34. The number of amides is 1. The van der Waals surface area contributed by atoms with Crippen molar-refractivity contribution in [1.82, 2.24) is 10.3 Å². The standard InChI is InChI=1S/C13H15N3O3S2/c1-8-12(20-9(2)16-8)7-15-13(17)10-3-5-11(6-4-10)21(14,18)19/h3-6H,7H2,1-2H3,(H,15,17)(H2,14,18,19). The molecule has 2 aromatic rings. The number of primary sulfonamides is 1. The number of benzene rings is 1. The van der Waals surface area contributed by atoms with Crippen LogP contribution in [-0.2, 0) is 16.6 Å². The highest BCUT2D eigenvalue weighted by Crippen LogP contribution is 2.17. The van der Waals surface area contributed by atoms with Crippen molar-refractivity contribution in [3.05, 3.63) is 45.4 Å². The minimum absolute atomic E-state index is 0.0204. The Hall–Kier alpha value is -1.77. The van der Waals surface area contributed by atoms with Gasteiger partial charge in [0.2, 0.25) is 10.0 Å². The van der Waals surface area contributed by atoms with Crippen LogP contribution in [0, 0.1) is 13.8 Å². The van der Waals surface area contributed by atoms with E-state index in [0.29, 0.717) is 12.1 Å². The number of nitrogens with zero attached hydrogens (tertiary/aromatic N) is 1. The second-order valence-electron chi connectivity index (χ2n) is 4.49. The van der Waals surface area contributed by atoms with Gasteiger partial charge in [-0.15, -0.1) is 11.3 Å². The van der Waals surface area contributed by atoms with E-state index in [-0.39, 0.29) is 10.8 Å². The Morgan fingerprint density at radius 2 is 1.90 bits per heavy atom. The highest BCUT2D eigenvalue weighted by Gasteiger charge is 2.11. The van der Waals surface area contributed by atoms with Gasteiger partial charge in [-0.3, -0.25) is 4.79 Å². The molecule has 0 saturated carbocycles. The van der Waals surface area contributed by atoms with Crippen molar-refractivity contribution in [2.75, 3.05) is 0 Å². The number of nitrogens with one attached hydrogen (secondary N) is 1. The first-order valence-electron chi connectivity index (χ1n) is 6.11. The van der Waals surface area contributed by atoms with Crippen LogP contribution in [0.4, 0.5) is 0 Å². The summed E-state index contributed by atoms with van der Waals surface area (Å²) in [6, 6.07) is 5.48. The van der Waals surface area contributed by atoms with E-state index in [4.69, 9.17) is 5.14 Å². The largest absolute Gasteiger partial charge is 0.347 e. The molecule has 0 aliphatic carbocycles. The molecule has 3 N–H and O–H groups in total. The lowest BCUT2D eigenvalue weighted by molar-refractivity contribution is 0.0951. The number of carbonyl (C=O) groups excluding carboxylic acids is 1. The first-order valence-corrected chi connectivity index (χ1v) is 8.47. The maximum absolute atomic E-state index is 12.0. The third kappa shape index (κ3) is 3.87. The predicted molar refractivity (Wildman–Crippen MR) is 80.6 cm³/mol. The maximum atomic E-state index is 12.0. The fourth-order valence-electron chi connectivity index (χ4n) is 1.80. The Labute approximate surface area is 127 Å². The number of carbonyl (C=O) groups is 1. The van der Waals surface area contributed by atoms with E-state index in [0.717, 1.165) is 15.6 Å². The summed E-state index contributed by atoms with van der Waals surface area (Å²) < 4.78 is 22.3. The lowest BCUT2D eigenvalue weighted by Gasteiger charge is -2.05. The smallest absolute Gasteiger partial charge is 0.251 e. The Balaban J connectivity index is 2.05. The van der Waals surface area contributed by atoms with Crippen LogP contribution in [0.1, 0.15) is 25.9 Å². The van der Waals surface area contributed by atoms with Gasteiger partial charge in [-0.2, -0.15) is 0 Å². The van der Waals surface area contributed by atoms with Gasteiger partial charge in [0, 0.05) is 10.4 Å². The first-order chi connectivity index (χ1) is 9.77.